The van der Waals surface area contributed by atoms with E-state index in [9.17, 15) is 0 Å². The standard InChI is InChI=1S/C15H12BrClN2/c16-15-5-4-14(17)7-13(15)10-19-9-12-3-1-2-11(6-12)8-18/h1-7,19H,9-10H2. The normalized spacial score (nSPS) is 10.2. The zero-order valence-electron chi connectivity index (χ0n) is 10.2. The number of hydrogen-bond donors (Lipinski definition) is 1. The van der Waals surface area contributed by atoms with Crippen molar-refractivity contribution in [2.45, 2.75) is 13.1 Å². The lowest BCUT2D eigenvalue weighted by Crippen LogP contribution is -2.13. The van der Waals surface area contributed by atoms with Crippen molar-refractivity contribution < 1.29 is 0 Å². The van der Waals surface area contributed by atoms with Crippen molar-refractivity contribution in [1.82, 2.24) is 5.32 Å². The van der Waals surface area contributed by atoms with Gasteiger partial charge < -0.3 is 5.32 Å². The Morgan fingerprint density at radius 1 is 1.16 bits per heavy atom. The lowest BCUT2D eigenvalue weighted by Gasteiger charge is -2.08. The molecule has 2 nitrogen and oxygen atoms in total. The highest BCUT2D eigenvalue weighted by Gasteiger charge is 2.01. The van der Waals surface area contributed by atoms with E-state index in [2.05, 4.69) is 27.3 Å². The van der Waals surface area contributed by atoms with Gasteiger partial charge in [0.25, 0.3) is 0 Å². The van der Waals surface area contributed by atoms with Crippen LogP contribution in [0.1, 0.15) is 16.7 Å². The second-order valence-electron chi connectivity index (χ2n) is 4.15. The van der Waals surface area contributed by atoms with Crippen LogP contribution in [-0.2, 0) is 13.1 Å². The van der Waals surface area contributed by atoms with Gasteiger partial charge in [0.05, 0.1) is 11.6 Å². The monoisotopic (exact) mass is 334 g/mol. The minimum atomic E-state index is 0.684. The van der Waals surface area contributed by atoms with Crippen molar-refractivity contribution >= 4 is 27.5 Å². The van der Waals surface area contributed by atoms with Gasteiger partial charge in [-0.1, -0.05) is 39.7 Å². The van der Waals surface area contributed by atoms with Gasteiger partial charge >= 0.3 is 0 Å². The summed E-state index contributed by atoms with van der Waals surface area (Å²) in [6, 6.07) is 15.5. The third-order valence-electron chi connectivity index (χ3n) is 2.71. The van der Waals surface area contributed by atoms with Crippen LogP contribution >= 0.6 is 27.5 Å². The molecule has 0 fully saturated rings. The molecule has 0 unspecified atom stereocenters. The summed E-state index contributed by atoms with van der Waals surface area (Å²) >= 11 is 9.47. The first-order chi connectivity index (χ1) is 9.19. The summed E-state index contributed by atoms with van der Waals surface area (Å²) in [5.41, 5.74) is 2.89. The quantitative estimate of drug-likeness (QED) is 0.906. The van der Waals surface area contributed by atoms with Crippen LogP contribution in [0, 0.1) is 11.3 Å². The van der Waals surface area contributed by atoms with E-state index in [-0.39, 0.29) is 0 Å². The molecule has 1 N–H and O–H groups in total. The maximum Gasteiger partial charge on any atom is 0.0991 e. The highest BCUT2D eigenvalue weighted by atomic mass is 79.9. The third-order valence-corrected chi connectivity index (χ3v) is 3.72. The van der Waals surface area contributed by atoms with E-state index in [4.69, 9.17) is 16.9 Å². The van der Waals surface area contributed by atoms with E-state index in [1.807, 2.05) is 36.4 Å². The van der Waals surface area contributed by atoms with E-state index in [1.54, 1.807) is 6.07 Å². The number of nitrogens with zero attached hydrogens (tertiary/aromatic N) is 1. The lowest BCUT2D eigenvalue weighted by atomic mass is 10.1. The zero-order chi connectivity index (χ0) is 13.7. The predicted octanol–water partition coefficient (Wildman–Crippen LogP) is 4.26. The van der Waals surface area contributed by atoms with Gasteiger partial charge in [-0.05, 0) is 41.5 Å². The van der Waals surface area contributed by atoms with Crippen molar-refractivity contribution in [3.63, 3.8) is 0 Å². The number of nitrogens with one attached hydrogen (secondary N) is 1. The number of hydrogen-bond acceptors (Lipinski definition) is 2. The smallest absolute Gasteiger partial charge is 0.0991 e. The predicted molar refractivity (Wildman–Crippen MR) is 80.9 cm³/mol. The minimum Gasteiger partial charge on any atom is -0.309 e. The summed E-state index contributed by atoms with van der Waals surface area (Å²) in [5.74, 6) is 0. The number of rotatable bonds is 4. The fourth-order valence-electron chi connectivity index (χ4n) is 1.77. The van der Waals surface area contributed by atoms with Crippen LogP contribution in [0.15, 0.2) is 46.9 Å². The van der Waals surface area contributed by atoms with Crippen molar-refractivity contribution in [2.24, 2.45) is 0 Å². The summed E-state index contributed by atoms with van der Waals surface area (Å²) in [6.07, 6.45) is 0. The van der Waals surface area contributed by atoms with Crippen LogP contribution in [0.5, 0.6) is 0 Å². The van der Waals surface area contributed by atoms with E-state index in [0.717, 1.165) is 27.2 Å². The molecule has 0 aromatic heterocycles. The van der Waals surface area contributed by atoms with Crippen molar-refractivity contribution in [3.8, 4) is 6.07 Å². The number of benzene rings is 2. The molecule has 0 spiro atoms. The summed E-state index contributed by atoms with van der Waals surface area (Å²) in [4.78, 5) is 0. The first-order valence-electron chi connectivity index (χ1n) is 5.83. The van der Waals surface area contributed by atoms with Crippen LogP contribution in [0.4, 0.5) is 0 Å². The van der Waals surface area contributed by atoms with Crippen molar-refractivity contribution in [2.75, 3.05) is 0 Å². The third kappa shape index (κ3) is 4.07. The Bertz CT molecular complexity index is 620. The van der Waals surface area contributed by atoms with Crippen molar-refractivity contribution in [1.29, 1.82) is 5.26 Å². The van der Waals surface area contributed by atoms with E-state index >= 15 is 0 Å². The SMILES string of the molecule is N#Cc1cccc(CNCc2cc(Cl)ccc2Br)c1. The Kier molecular flexibility index (Phi) is 4.98. The Morgan fingerprint density at radius 3 is 2.79 bits per heavy atom. The Hall–Kier alpha value is -1.34. The average molecular weight is 336 g/mol. The number of halogens is 2. The van der Waals surface area contributed by atoms with Crippen LogP contribution in [0.25, 0.3) is 0 Å². The molecule has 0 atom stereocenters. The molecule has 0 radical (unpaired) electrons. The van der Waals surface area contributed by atoms with Gasteiger partial charge in [0.1, 0.15) is 0 Å². The largest absolute Gasteiger partial charge is 0.309 e. The zero-order valence-corrected chi connectivity index (χ0v) is 12.5. The molecular weight excluding hydrogens is 324 g/mol. The van der Waals surface area contributed by atoms with E-state index < -0.39 is 0 Å². The number of nitriles is 1. The first-order valence-corrected chi connectivity index (χ1v) is 7.00. The summed E-state index contributed by atoms with van der Waals surface area (Å²) in [7, 11) is 0. The molecule has 0 heterocycles. The van der Waals surface area contributed by atoms with Gasteiger partial charge in [0, 0.05) is 22.6 Å². The van der Waals surface area contributed by atoms with Crippen LogP contribution in [0.2, 0.25) is 5.02 Å². The van der Waals surface area contributed by atoms with E-state index in [0.29, 0.717) is 12.1 Å². The fourth-order valence-corrected chi connectivity index (χ4v) is 2.35. The molecule has 4 heteroatoms. The molecule has 2 rings (SSSR count). The molecular formula is C15H12BrClN2. The van der Waals surface area contributed by atoms with Crippen LogP contribution in [0.3, 0.4) is 0 Å². The summed E-state index contributed by atoms with van der Waals surface area (Å²) in [6.45, 7) is 1.44. The Labute approximate surface area is 126 Å². The maximum atomic E-state index is 8.84. The summed E-state index contributed by atoms with van der Waals surface area (Å²) in [5, 5.41) is 12.9. The lowest BCUT2D eigenvalue weighted by molar-refractivity contribution is 0.691. The first kappa shape index (κ1) is 14.1. The van der Waals surface area contributed by atoms with Gasteiger partial charge in [0.2, 0.25) is 0 Å². The highest BCUT2D eigenvalue weighted by molar-refractivity contribution is 9.10. The highest BCUT2D eigenvalue weighted by Crippen LogP contribution is 2.21. The van der Waals surface area contributed by atoms with Gasteiger partial charge in [-0.25, -0.2) is 0 Å². The van der Waals surface area contributed by atoms with Crippen LogP contribution < -0.4 is 5.32 Å². The molecule has 96 valence electrons. The average Bonchev–Trinajstić information content (AvgIpc) is 2.43. The van der Waals surface area contributed by atoms with Gasteiger partial charge in [0.15, 0.2) is 0 Å². The van der Waals surface area contributed by atoms with Gasteiger partial charge in [-0.15, -0.1) is 0 Å². The maximum absolute atomic E-state index is 8.84. The summed E-state index contributed by atoms with van der Waals surface area (Å²) < 4.78 is 1.04. The van der Waals surface area contributed by atoms with Crippen LogP contribution in [-0.4, -0.2) is 0 Å². The molecule has 0 saturated heterocycles. The molecule has 0 aliphatic heterocycles. The Morgan fingerprint density at radius 2 is 2.00 bits per heavy atom. The fraction of sp³-hybridized carbons (Fsp3) is 0.133. The second kappa shape index (κ2) is 6.72. The van der Waals surface area contributed by atoms with Crippen molar-refractivity contribution in [3.05, 3.63) is 68.7 Å². The Balaban J connectivity index is 1.96. The molecule has 0 aliphatic rings. The topological polar surface area (TPSA) is 35.8 Å². The van der Waals surface area contributed by atoms with Gasteiger partial charge in [-0.2, -0.15) is 5.26 Å². The molecule has 19 heavy (non-hydrogen) atoms. The van der Waals surface area contributed by atoms with E-state index in [1.165, 1.54) is 0 Å². The molecule has 2 aromatic rings. The molecule has 0 bridgehead atoms. The van der Waals surface area contributed by atoms with Gasteiger partial charge in [-0.3, -0.25) is 0 Å². The molecule has 0 aliphatic carbocycles. The minimum absolute atomic E-state index is 0.684. The molecule has 2 aromatic carbocycles. The molecule has 0 saturated carbocycles. The second-order valence-corrected chi connectivity index (χ2v) is 5.44. The molecule has 0 amide bonds.